The Hall–Kier alpha value is -1.47. The van der Waals surface area contributed by atoms with E-state index in [1.54, 1.807) is 6.92 Å². The molecule has 24 heavy (non-hydrogen) atoms. The lowest BCUT2D eigenvalue weighted by molar-refractivity contribution is -0.124. The third-order valence-electron chi connectivity index (χ3n) is 4.59. The first-order chi connectivity index (χ1) is 11.2. The molecule has 0 saturated carbocycles. The van der Waals surface area contributed by atoms with Gasteiger partial charge >= 0.3 is 0 Å². The number of hydrogen-bond acceptors (Lipinski definition) is 4. The van der Waals surface area contributed by atoms with Crippen LogP contribution in [0, 0.1) is 17.2 Å². The van der Waals surface area contributed by atoms with E-state index in [2.05, 4.69) is 17.6 Å². The molecule has 2 N–H and O–H groups in total. The third-order valence-corrected chi connectivity index (χ3v) is 6.52. The molecule has 7 heteroatoms. The molecule has 0 bridgehead atoms. The van der Waals surface area contributed by atoms with Gasteiger partial charge in [-0.25, -0.2) is 12.8 Å². The van der Waals surface area contributed by atoms with Crippen molar-refractivity contribution in [3.05, 3.63) is 30.1 Å². The van der Waals surface area contributed by atoms with Gasteiger partial charge in [-0.1, -0.05) is 13.8 Å². The zero-order valence-electron chi connectivity index (χ0n) is 14.1. The van der Waals surface area contributed by atoms with Crippen LogP contribution in [-0.2, 0) is 14.6 Å². The highest BCUT2D eigenvalue weighted by molar-refractivity contribution is 7.91. The number of carbonyl (C=O) groups is 1. The summed E-state index contributed by atoms with van der Waals surface area (Å²) in [5, 5.41) is 6.17. The summed E-state index contributed by atoms with van der Waals surface area (Å²) in [6.45, 7) is 6.14. The van der Waals surface area contributed by atoms with Gasteiger partial charge in [-0.05, 0) is 55.6 Å². The normalized spacial score (nSPS) is 18.8. The minimum absolute atomic E-state index is 0.0360. The average molecular weight is 356 g/mol. The number of halogens is 1. The topological polar surface area (TPSA) is 75.3 Å². The summed E-state index contributed by atoms with van der Waals surface area (Å²) in [6.07, 6.45) is 1.96. The van der Waals surface area contributed by atoms with Crippen LogP contribution in [0.1, 0.15) is 26.7 Å². The molecule has 1 aliphatic rings. The van der Waals surface area contributed by atoms with E-state index in [0.717, 1.165) is 38.1 Å². The SMILES string of the molecule is CC(CS(=O)(=O)c1ccc(F)cc1)C(=O)NCC1(C)CCNCC1. The monoisotopic (exact) mass is 356 g/mol. The van der Waals surface area contributed by atoms with Crippen molar-refractivity contribution in [1.29, 1.82) is 0 Å². The Labute approximate surface area is 142 Å². The van der Waals surface area contributed by atoms with E-state index in [1.165, 1.54) is 12.1 Å². The number of hydrogen-bond donors (Lipinski definition) is 2. The molecule has 2 rings (SSSR count). The van der Waals surface area contributed by atoms with E-state index in [9.17, 15) is 17.6 Å². The third kappa shape index (κ3) is 5.01. The summed E-state index contributed by atoms with van der Waals surface area (Å²) in [5.74, 6) is -1.70. The number of sulfone groups is 1. The summed E-state index contributed by atoms with van der Waals surface area (Å²) in [4.78, 5) is 12.3. The molecule has 1 unspecified atom stereocenters. The van der Waals surface area contributed by atoms with E-state index >= 15 is 0 Å². The van der Waals surface area contributed by atoms with Crippen LogP contribution in [0.15, 0.2) is 29.2 Å². The maximum atomic E-state index is 12.9. The molecule has 1 saturated heterocycles. The van der Waals surface area contributed by atoms with Crippen molar-refractivity contribution in [2.75, 3.05) is 25.4 Å². The molecular weight excluding hydrogens is 331 g/mol. The number of carbonyl (C=O) groups excluding carboxylic acids is 1. The van der Waals surface area contributed by atoms with Crippen molar-refractivity contribution >= 4 is 15.7 Å². The van der Waals surface area contributed by atoms with Crippen molar-refractivity contribution in [3.63, 3.8) is 0 Å². The predicted molar refractivity (Wildman–Crippen MR) is 90.8 cm³/mol. The molecule has 1 atom stereocenters. The number of rotatable bonds is 6. The Morgan fingerprint density at radius 3 is 2.46 bits per heavy atom. The molecular formula is C17H25FN2O3S. The Bertz CT molecular complexity index is 668. The largest absolute Gasteiger partial charge is 0.355 e. The summed E-state index contributed by atoms with van der Waals surface area (Å²) in [5.41, 5.74) is 0.0520. The van der Waals surface area contributed by atoms with Crippen molar-refractivity contribution in [2.45, 2.75) is 31.6 Å². The quantitative estimate of drug-likeness (QED) is 0.762. The van der Waals surface area contributed by atoms with Gasteiger partial charge in [-0.15, -0.1) is 0 Å². The highest BCUT2D eigenvalue weighted by Gasteiger charge is 2.29. The molecule has 1 aliphatic heterocycles. The standard InChI is InChI=1S/C17H25FN2O3S/c1-13(11-24(22,23)15-5-3-14(18)4-6-15)16(21)20-12-17(2)7-9-19-10-8-17/h3-6,13,19H,7-12H2,1-2H3,(H,20,21). The Kier molecular flexibility index (Phi) is 5.98. The second kappa shape index (κ2) is 7.61. The fourth-order valence-electron chi connectivity index (χ4n) is 2.82. The molecule has 1 aromatic carbocycles. The molecule has 5 nitrogen and oxygen atoms in total. The Morgan fingerprint density at radius 1 is 1.29 bits per heavy atom. The van der Waals surface area contributed by atoms with E-state index in [1.807, 2.05) is 0 Å². The zero-order chi connectivity index (χ0) is 17.8. The van der Waals surface area contributed by atoms with E-state index in [0.29, 0.717) is 6.54 Å². The van der Waals surface area contributed by atoms with Gasteiger partial charge in [0.25, 0.3) is 0 Å². The molecule has 0 aliphatic carbocycles. The summed E-state index contributed by atoms with van der Waals surface area (Å²) in [6, 6.07) is 4.67. The van der Waals surface area contributed by atoms with Gasteiger partial charge in [0.05, 0.1) is 10.6 Å². The number of nitrogens with one attached hydrogen (secondary N) is 2. The van der Waals surface area contributed by atoms with Crippen LogP contribution in [0.2, 0.25) is 0 Å². The first-order valence-electron chi connectivity index (χ1n) is 8.19. The van der Waals surface area contributed by atoms with Gasteiger partial charge in [0.1, 0.15) is 5.82 Å². The Morgan fingerprint density at radius 2 is 1.88 bits per heavy atom. The maximum absolute atomic E-state index is 12.9. The highest BCUT2D eigenvalue weighted by atomic mass is 32.2. The van der Waals surface area contributed by atoms with Gasteiger partial charge in [0, 0.05) is 12.5 Å². The van der Waals surface area contributed by atoms with Gasteiger partial charge in [-0.2, -0.15) is 0 Å². The summed E-state index contributed by atoms with van der Waals surface area (Å²) in [7, 11) is -3.62. The van der Waals surface area contributed by atoms with Gasteiger partial charge in [0.15, 0.2) is 9.84 Å². The minimum Gasteiger partial charge on any atom is -0.355 e. The van der Waals surface area contributed by atoms with Gasteiger partial charge < -0.3 is 10.6 Å². The fourth-order valence-corrected chi connectivity index (χ4v) is 4.38. The minimum atomic E-state index is -3.62. The smallest absolute Gasteiger partial charge is 0.223 e. The van der Waals surface area contributed by atoms with E-state index in [4.69, 9.17) is 0 Å². The molecule has 1 fully saturated rings. The molecule has 1 amide bonds. The van der Waals surface area contributed by atoms with Crippen LogP contribution in [0.5, 0.6) is 0 Å². The number of benzene rings is 1. The fraction of sp³-hybridized carbons (Fsp3) is 0.588. The number of piperidine rings is 1. The lowest BCUT2D eigenvalue weighted by atomic mass is 9.81. The maximum Gasteiger partial charge on any atom is 0.223 e. The Balaban J connectivity index is 1.92. The van der Waals surface area contributed by atoms with E-state index in [-0.39, 0.29) is 22.0 Å². The van der Waals surface area contributed by atoms with Crippen LogP contribution in [0.3, 0.4) is 0 Å². The number of amides is 1. The molecule has 0 aromatic heterocycles. The van der Waals surface area contributed by atoms with Gasteiger partial charge in [0.2, 0.25) is 5.91 Å². The van der Waals surface area contributed by atoms with Crippen LogP contribution in [-0.4, -0.2) is 39.7 Å². The molecule has 134 valence electrons. The lowest BCUT2D eigenvalue weighted by Crippen LogP contribution is -2.44. The summed E-state index contributed by atoms with van der Waals surface area (Å²) >= 11 is 0. The highest BCUT2D eigenvalue weighted by Crippen LogP contribution is 2.26. The van der Waals surface area contributed by atoms with Crippen LogP contribution in [0.25, 0.3) is 0 Å². The van der Waals surface area contributed by atoms with Crippen LogP contribution < -0.4 is 10.6 Å². The second-order valence-electron chi connectivity index (χ2n) is 6.91. The van der Waals surface area contributed by atoms with Gasteiger partial charge in [-0.3, -0.25) is 4.79 Å². The lowest BCUT2D eigenvalue weighted by Gasteiger charge is -2.34. The van der Waals surface area contributed by atoms with Crippen molar-refractivity contribution in [2.24, 2.45) is 11.3 Å². The van der Waals surface area contributed by atoms with Crippen molar-refractivity contribution in [1.82, 2.24) is 10.6 Å². The zero-order valence-corrected chi connectivity index (χ0v) is 15.0. The molecule has 1 aromatic rings. The van der Waals surface area contributed by atoms with Crippen LogP contribution >= 0.6 is 0 Å². The average Bonchev–Trinajstić information content (AvgIpc) is 2.53. The molecule has 0 radical (unpaired) electrons. The van der Waals surface area contributed by atoms with E-state index < -0.39 is 21.6 Å². The summed E-state index contributed by atoms with van der Waals surface area (Å²) < 4.78 is 37.5. The van der Waals surface area contributed by atoms with Crippen molar-refractivity contribution in [3.8, 4) is 0 Å². The second-order valence-corrected chi connectivity index (χ2v) is 8.95. The predicted octanol–water partition coefficient (Wildman–Crippen LogP) is 1.74. The first kappa shape index (κ1) is 18.9. The van der Waals surface area contributed by atoms with Crippen LogP contribution in [0.4, 0.5) is 4.39 Å². The molecule has 0 spiro atoms. The van der Waals surface area contributed by atoms with Crippen molar-refractivity contribution < 1.29 is 17.6 Å². The first-order valence-corrected chi connectivity index (χ1v) is 9.84. The molecule has 1 heterocycles.